The predicted octanol–water partition coefficient (Wildman–Crippen LogP) is 4.65. The number of anilines is 2. The molecule has 3 aliphatic rings. The molecule has 4 aromatic rings. The molecule has 7 amide bonds. The summed E-state index contributed by atoms with van der Waals surface area (Å²) in [4.78, 5) is 102. The van der Waals surface area contributed by atoms with Gasteiger partial charge in [0, 0.05) is 32.2 Å². The van der Waals surface area contributed by atoms with Gasteiger partial charge in [-0.3, -0.25) is 38.5 Å². The molecule has 3 aromatic carbocycles. The smallest absolute Gasteiger partial charge is 0.247 e. The maximum Gasteiger partial charge on any atom is 0.247 e. The number of β-amino-alcohol motifs (C(OH)–C–C–N with tert-alkyl or cyclic N) is 1. The van der Waals surface area contributed by atoms with Gasteiger partial charge in [-0.05, 0) is 91.7 Å². The number of aryl methyl sites for hydroxylation is 3. The molecule has 1 unspecified atom stereocenters. The van der Waals surface area contributed by atoms with E-state index in [9.17, 15) is 38.7 Å². The Kier molecular flexibility index (Phi) is 16.9. The number of carbonyl (C=O) groups excluding carboxylic acids is 7. The van der Waals surface area contributed by atoms with Crippen molar-refractivity contribution in [1.82, 2.24) is 25.8 Å². The number of thiazole rings is 1. The van der Waals surface area contributed by atoms with Gasteiger partial charge >= 0.3 is 0 Å². The molecule has 1 fully saturated rings. The number of para-hydroxylation sites is 1. The monoisotopic (exact) mass is 1010 g/mol. The lowest BCUT2D eigenvalue weighted by molar-refractivity contribution is -0.144. The second kappa shape index (κ2) is 22.9. The van der Waals surface area contributed by atoms with Crippen LogP contribution in [0.5, 0.6) is 0 Å². The number of aliphatic hydroxyl groups excluding tert-OH is 1. The van der Waals surface area contributed by atoms with Gasteiger partial charge in [-0.15, -0.1) is 11.3 Å². The van der Waals surface area contributed by atoms with E-state index in [0.717, 1.165) is 32.8 Å². The molecule has 7 atom stereocenters. The molecular weight excluding hydrogens is 942 g/mol. The Morgan fingerprint density at radius 3 is 2.32 bits per heavy atom. The minimum absolute atomic E-state index is 0.0561. The van der Waals surface area contributed by atoms with Gasteiger partial charge in [0.15, 0.2) is 0 Å². The molecule has 17 nitrogen and oxygen atoms in total. The van der Waals surface area contributed by atoms with E-state index in [1.807, 2.05) is 77.1 Å². The molecule has 3 aliphatic heterocycles. The predicted molar refractivity (Wildman–Crippen MR) is 272 cm³/mol. The first-order valence-electron chi connectivity index (χ1n) is 24.7. The zero-order valence-corrected chi connectivity index (χ0v) is 42.3. The number of halogens is 1. The van der Waals surface area contributed by atoms with Crippen LogP contribution in [0.2, 0.25) is 0 Å². The number of likely N-dealkylation sites (tertiary alicyclic amines) is 1. The van der Waals surface area contributed by atoms with Crippen molar-refractivity contribution in [2.75, 3.05) is 16.8 Å². The summed E-state index contributed by atoms with van der Waals surface area (Å²) >= 11 is 1.55. The molecule has 0 saturated carbocycles. The van der Waals surface area contributed by atoms with Crippen molar-refractivity contribution in [3.63, 3.8) is 0 Å². The molecule has 0 spiro atoms. The van der Waals surface area contributed by atoms with Gasteiger partial charge in [0.25, 0.3) is 0 Å². The molecule has 9 N–H and O–H groups in total. The summed E-state index contributed by atoms with van der Waals surface area (Å²) in [7, 11) is 0. The van der Waals surface area contributed by atoms with Gasteiger partial charge in [0.05, 0.1) is 45.6 Å². The zero-order chi connectivity index (χ0) is 52.0. The maximum absolute atomic E-state index is 16.0. The Bertz CT molecular complexity index is 2690. The third-order valence-electron chi connectivity index (χ3n) is 13.8. The van der Waals surface area contributed by atoms with Gasteiger partial charge in [-0.1, -0.05) is 81.8 Å². The SMILES string of the molecule is Cc1ncsc1-c1ccc([C@H](C)NC(=O)C2C[C@@H](O)CN2C(=O)[C@@H](NC(=O)CCCCCc2cccc(NC(=O)[C@H](CCC(N)=O)NC(=O)[C@@H]3Cc4cccc5c4N3C(=O)[C@@H](N)CC5)c2F)C(C)(C)C)cc1. The number of primary amides is 1. The number of aliphatic hydroxyl groups is 1. The lowest BCUT2D eigenvalue weighted by Gasteiger charge is -2.35. The van der Waals surface area contributed by atoms with Crippen molar-refractivity contribution in [2.24, 2.45) is 16.9 Å². The van der Waals surface area contributed by atoms with E-state index < -0.39 is 83.0 Å². The van der Waals surface area contributed by atoms with Gasteiger partial charge in [-0.2, -0.15) is 0 Å². The summed E-state index contributed by atoms with van der Waals surface area (Å²) in [6.45, 7) is 9.20. The van der Waals surface area contributed by atoms with Gasteiger partial charge < -0.3 is 42.7 Å². The van der Waals surface area contributed by atoms with Gasteiger partial charge in [-0.25, -0.2) is 9.37 Å². The summed E-state index contributed by atoms with van der Waals surface area (Å²) in [6.07, 6.45) is 1.70. The summed E-state index contributed by atoms with van der Waals surface area (Å²) in [5.74, 6) is -4.42. The Morgan fingerprint density at radius 2 is 1.62 bits per heavy atom. The van der Waals surface area contributed by atoms with Crippen LogP contribution in [0.25, 0.3) is 10.4 Å². The largest absolute Gasteiger partial charge is 0.391 e. The Morgan fingerprint density at radius 1 is 0.917 bits per heavy atom. The zero-order valence-electron chi connectivity index (χ0n) is 41.5. The average Bonchev–Trinajstić information content (AvgIpc) is 4.05. The maximum atomic E-state index is 16.0. The Balaban J connectivity index is 0.902. The van der Waals surface area contributed by atoms with Gasteiger partial charge in [0.1, 0.15) is 30.0 Å². The van der Waals surface area contributed by atoms with E-state index in [1.165, 1.54) is 15.9 Å². The highest BCUT2D eigenvalue weighted by atomic mass is 32.1. The molecule has 4 heterocycles. The number of unbranched alkanes of at least 4 members (excludes halogenated alkanes) is 2. The quantitative estimate of drug-likeness (QED) is 0.0640. The molecule has 1 aromatic heterocycles. The van der Waals surface area contributed by atoms with Crippen LogP contribution >= 0.6 is 11.3 Å². The third-order valence-corrected chi connectivity index (χ3v) is 14.8. The number of hydrogen-bond donors (Lipinski definition) is 7. The fraction of sp³-hybridized carbons (Fsp3) is 0.472. The first kappa shape index (κ1) is 53.2. The van der Waals surface area contributed by atoms with Crippen LogP contribution in [0.15, 0.2) is 66.2 Å². The molecular formula is C53H66FN9O8S. The highest BCUT2D eigenvalue weighted by Gasteiger charge is 2.46. The van der Waals surface area contributed by atoms with Crippen molar-refractivity contribution in [2.45, 2.75) is 148 Å². The lowest BCUT2D eigenvalue weighted by Crippen LogP contribution is -2.57. The lowest BCUT2D eigenvalue weighted by atomic mass is 9.85. The molecule has 384 valence electrons. The molecule has 19 heteroatoms. The van der Waals surface area contributed by atoms with Crippen molar-refractivity contribution < 1.29 is 43.1 Å². The molecule has 72 heavy (non-hydrogen) atoms. The number of carbonyl (C=O) groups is 7. The second-order valence-electron chi connectivity index (χ2n) is 20.3. The molecule has 0 bridgehead atoms. The molecule has 1 saturated heterocycles. The second-order valence-corrected chi connectivity index (χ2v) is 21.1. The highest BCUT2D eigenvalue weighted by Crippen LogP contribution is 2.39. The van der Waals surface area contributed by atoms with Gasteiger partial charge in [0.2, 0.25) is 41.4 Å². The van der Waals surface area contributed by atoms with E-state index in [4.69, 9.17) is 11.5 Å². The van der Waals surface area contributed by atoms with Crippen molar-refractivity contribution in [1.29, 1.82) is 0 Å². The van der Waals surface area contributed by atoms with Crippen LogP contribution < -0.4 is 37.6 Å². The number of aromatic nitrogens is 1. The standard InChI is InChI=1S/C53H66FN9O8S/c1-29(31-17-19-34(20-18-31)46-30(2)57-28-72-46)58-49(68)40-26-36(64)27-62(40)52(71)47(53(3,4)5)61-43(66)16-8-6-7-11-32-12-10-15-38(44(32)54)59-48(67)39(23-24-42(56)65)60-50(69)41-25-35-14-9-13-33-21-22-37(55)51(70)63(41)45(33)35/h9-10,12-15,17-20,28-29,36-37,39-41,47,64H,6-8,11,16,21-27,55H2,1-5H3,(H2,56,65)(H,58,68)(H,59,67)(H,60,69)(H,61,66)/t29-,36+,37-,39-,40?,41-,47+/m0/s1. The van der Waals surface area contributed by atoms with E-state index in [2.05, 4.69) is 26.3 Å². The minimum atomic E-state index is -1.29. The number of nitrogens with zero attached hydrogens (tertiary/aromatic N) is 3. The van der Waals surface area contributed by atoms with Crippen LogP contribution in [0.3, 0.4) is 0 Å². The van der Waals surface area contributed by atoms with Crippen molar-refractivity contribution in [3.8, 4) is 10.4 Å². The van der Waals surface area contributed by atoms with Crippen LogP contribution in [0, 0.1) is 18.2 Å². The number of nitrogens with one attached hydrogen (secondary N) is 4. The Labute approximate surface area is 423 Å². The van der Waals surface area contributed by atoms with E-state index >= 15 is 4.39 Å². The normalized spacial score (nSPS) is 19.7. The summed E-state index contributed by atoms with van der Waals surface area (Å²) in [5.41, 5.74) is 18.0. The summed E-state index contributed by atoms with van der Waals surface area (Å²) in [6, 6.07) is 12.6. The number of amides is 7. The van der Waals surface area contributed by atoms with Crippen molar-refractivity contribution in [3.05, 3.63) is 99.9 Å². The fourth-order valence-electron chi connectivity index (χ4n) is 9.80. The topological polar surface area (TPSA) is 259 Å². The minimum Gasteiger partial charge on any atom is -0.391 e. The number of nitrogens with two attached hydrogens (primary N) is 2. The van der Waals surface area contributed by atoms with Crippen LogP contribution in [-0.4, -0.2) is 99.2 Å². The first-order valence-corrected chi connectivity index (χ1v) is 25.5. The summed E-state index contributed by atoms with van der Waals surface area (Å²) in [5, 5.41) is 21.8. The molecule has 0 radical (unpaired) electrons. The third kappa shape index (κ3) is 12.4. The van der Waals surface area contributed by atoms with Crippen LogP contribution in [0.4, 0.5) is 15.8 Å². The number of rotatable bonds is 19. The number of benzene rings is 3. The first-order chi connectivity index (χ1) is 34.2. The van der Waals surface area contributed by atoms with E-state index in [-0.39, 0.29) is 62.7 Å². The Hall–Kier alpha value is -6.57. The van der Waals surface area contributed by atoms with Crippen LogP contribution in [-0.2, 0) is 52.8 Å². The summed E-state index contributed by atoms with van der Waals surface area (Å²) < 4.78 is 16.0. The molecule has 0 aliphatic carbocycles. The average molecular weight is 1010 g/mol. The highest BCUT2D eigenvalue weighted by molar-refractivity contribution is 7.13. The van der Waals surface area contributed by atoms with E-state index in [0.29, 0.717) is 43.4 Å². The molecule has 7 rings (SSSR count). The number of hydrogen-bond acceptors (Lipinski definition) is 11. The van der Waals surface area contributed by atoms with Crippen LogP contribution in [0.1, 0.15) is 113 Å². The van der Waals surface area contributed by atoms with Crippen molar-refractivity contribution >= 4 is 64.1 Å². The fourth-order valence-corrected chi connectivity index (χ4v) is 10.6. The van der Waals surface area contributed by atoms with E-state index in [1.54, 1.807) is 29.0 Å².